The minimum atomic E-state index is 0.399. The summed E-state index contributed by atoms with van der Waals surface area (Å²) >= 11 is 6.05. The molecule has 0 aliphatic heterocycles. The predicted octanol–water partition coefficient (Wildman–Crippen LogP) is 5.11. The molecule has 0 aliphatic rings. The van der Waals surface area contributed by atoms with Crippen LogP contribution in [0.15, 0.2) is 72.1 Å². The molecule has 0 bridgehead atoms. The van der Waals surface area contributed by atoms with Crippen LogP contribution in [0.1, 0.15) is 12.0 Å². The van der Waals surface area contributed by atoms with Gasteiger partial charge in [-0.2, -0.15) is 15.5 Å². The number of nitriles is 1. The van der Waals surface area contributed by atoms with Crippen molar-refractivity contribution in [2.45, 2.75) is 13.0 Å². The molecule has 0 atom stereocenters. The van der Waals surface area contributed by atoms with E-state index in [-0.39, 0.29) is 0 Å². The van der Waals surface area contributed by atoms with Crippen molar-refractivity contribution in [1.82, 2.24) is 14.8 Å². The van der Waals surface area contributed by atoms with Gasteiger partial charge in [0.1, 0.15) is 5.69 Å². The molecule has 6 nitrogen and oxygen atoms in total. The van der Waals surface area contributed by atoms with Gasteiger partial charge < -0.3 is 0 Å². The number of pyridine rings is 1. The van der Waals surface area contributed by atoms with Gasteiger partial charge in [-0.1, -0.05) is 41.9 Å². The SMILES string of the molecule is N#CCCn1cc(/C=N\Nc2ccnc3cc(Cl)ccc23)c(-c2ccccc2)n1. The summed E-state index contributed by atoms with van der Waals surface area (Å²) in [6.45, 7) is 0.535. The summed E-state index contributed by atoms with van der Waals surface area (Å²) in [7, 11) is 0. The Bertz CT molecular complexity index is 1210. The molecule has 7 heteroatoms. The fraction of sp³-hybridized carbons (Fsp3) is 0.0909. The lowest BCUT2D eigenvalue weighted by Crippen LogP contribution is -1.97. The number of benzene rings is 2. The second-order valence-corrected chi connectivity index (χ2v) is 6.80. The molecule has 4 rings (SSSR count). The van der Waals surface area contributed by atoms with Crippen molar-refractivity contribution in [3.63, 3.8) is 0 Å². The molecule has 0 aliphatic carbocycles. The van der Waals surface area contributed by atoms with Gasteiger partial charge in [-0.15, -0.1) is 0 Å². The molecule has 2 heterocycles. The molecule has 142 valence electrons. The molecule has 1 N–H and O–H groups in total. The molecule has 0 radical (unpaired) electrons. The molecule has 0 amide bonds. The first-order valence-electron chi connectivity index (χ1n) is 9.08. The van der Waals surface area contributed by atoms with E-state index in [0.29, 0.717) is 18.0 Å². The molecule has 2 aromatic carbocycles. The maximum atomic E-state index is 8.85. The molecule has 0 spiro atoms. The maximum Gasteiger partial charge on any atom is 0.101 e. The van der Waals surface area contributed by atoms with Crippen LogP contribution >= 0.6 is 11.6 Å². The third kappa shape index (κ3) is 4.26. The number of nitrogens with zero attached hydrogens (tertiary/aromatic N) is 5. The molecular weight excluding hydrogens is 384 g/mol. The van der Waals surface area contributed by atoms with Crippen LogP contribution in [0.2, 0.25) is 5.02 Å². The number of halogens is 1. The number of rotatable bonds is 6. The van der Waals surface area contributed by atoms with Crippen molar-refractivity contribution < 1.29 is 0 Å². The quantitative estimate of drug-likeness (QED) is 0.360. The molecule has 0 saturated carbocycles. The van der Waals surface area contributed by atoms with Gasteiger partial charge in [-0.3, -0.25) is 15.1 Å². The largest absolute Gasteiger partial charge is 0.278 e. The summed E-state index contributed by atoms with van der Waals surface area (Å²) in [6.07, 6.45) is 5.75. The summed E-state index contributed by atoms with van der Waals surface area (Å²) in [6, 6.07) is 19.5. The van der Waals surface area contributed by atoms with E-state index in [1.165, 1.54) is 0 Å². The van der Waals surface area contributed by atoms with Gasteiger partial charge >= 0.3 is 0 Å². The molecule has 2 aromatic heterocycles. The fourth-order valence-electron chi connectivity index (χ4n) is 3.02. The highest BCUT2D eigenvalue weighted by Gasteiger charge is 2.10. The average molecular weight is 401 g/mol. The Balaban J connectivity index is 1.63. The Kier molecular flexibility index (Phi) is 5.50. The smallest absolute Gasteiger partial charge is 0.101 e. The number of aryl methyl sites for hydroxylation is 1. The lowest BCUT2D eigenvalue weighted by molar-refractivity contribution is 0.629. The van der Waals surface area contributed by atoms with E-state index in [1.807, 2.05) is 60.8 Å². The van der Waals surface area contributed by atoms with Gasteiger partial charge in [0.15, 0.2) is 0 Å². The monoisotopic (exact) mass is 400 g/mol. The minimum absolute atomic E-state index is 0.399. The number of nitrogens with one attached hydrogen (secondary N) is 1. The number of aromatic nitrogens is 3. The third-order valence-electron chi connectivity index (χ3n) is 4.38. The van der Waals surface area contributed by atoms with Gasteiger partial charge in [0.2, 0.25) is 0 Å². The molecule has 0 fully saturated rings. The van der Waals surface area contributed by atoms with Gasteiger partial charge in [0.25, 0.3) is 0 Å². The van der Waals surface area contributed by atoms with Crippen molar-refractivity contribution in [3.05, 3.63) is 77.6 Å². The zero-order chi connectivity index (χ0) is 20.1. The number of fused-ring (bicyclic) bond motifs is 1. The summed E-state index contributed by atoms with van der Waals surface area (Å²) in [4.78, 5) is 4.34. The number of hydrogen-bond donors (Lipinski definition) is 1. The normalized spacial score (nSPS) is 11.0. The van der Waals surface area contributed by atoms with Crippen LogP contribution in [-0.4, -0.2) is 21.0 Å². The Morgan fingerprint density at radius 1 is 1.17 bits per heavy atom. The van der Waals surface area contributed by atoms with E-state index in [9.17, 15) is 0 Å². The van der Waals surface area contributed by atoms with Gasteiger partial charge in [0.05, 0.1) is 36.5 Å². The van der Waals surface area contributed by atoms with E-state index >= 15 is 0 Å². The van der Waals surface area contributed by atoms with Crippen LogP contribution in [0.25, 0.3) is 22.2 Å². The topological polar surface area (TPSA) is 78.9 Å². The van der Waals surface area contributed by atoms with Crippen molar-refractivity contribution in [1.29, 1.82) is 5.26 Å². The fourth-order valence-corrected chi connectivity index (χ4v) is 3.19. The van der Waals surface area contributed by atoms with Crippen molar-refractivity contribution in [3.8, 4) is 17.3 Å². The maximum absolute atomic E-state index is 8.85. The number of anilines is 1. The molecule has 29 heavy (non-hydrogen) atoms. The second-order valence-electron chi connectivity index (χ2n) is 6.36. The third-order valence-corrected chi connectivity index (χ3v) is 4.62. The Hall–Kier alpha value is -3.69. The van der Waals surface area contributed by atoms with Crippen molar-refractivity contribution in [2.24, 2.45) is 5.10 Å². The van der Waals surface area contributed by atoms with Crippen LogP contribution in [0.5, 0.6) is 0 Å². The second kappa shape index (κ2) is 8.55. The minimum Gasteiger partial charge on any atom is -0.278 e. The zero-order valence-electron chi connectivity index (χ0n) is 15.5. The first-order chi connectivity index (χ1) is 14.2. The molecule has 0 unspecified atom stereocenters. The zero-order valence-corrected chi connectivity index (χ0v) is 16.2. The summed E-state index contributed by atoms with van der Waals surface area (Å²) in [5.74, 6) is 0. The predicted molar refractivity (Wildman–Crippen MR) is 116 cm³/mol. The van der Waals surface area contributed by atoms with E-state index in [2.05, 4.69) is 26.7 Å². The standard InChI is InChI=1S/C22H17ClN6/c23-18-7-8-19-20(9-11-25-21(19)13-18)27-26-14-17-15-29(12-4-10-24)28-22(17)16-5-2-1-3-6-16/h1-3,5-9,11,13-15H,4,12H2,(H,25,27)/b26-14-. The lowest BCUT2D eigenvalue weighted by atomic mass is 10.1. The number of hydrazone groups is 1. The van der Waals surface area contributed by atoms with Gasteiger partial charge in [-0.25, -0.2) is 0 Å². The summed E-state index contributed by atoms with van der Waals surface area (Å²) in [5.41, 5.74) is 7.39. The van der Waals surface area contributed by atoms with Gasteiger partial charge in [0, 0.05) is 33.9 Å². The van der Waals surface area contributed by atoms with Crippen LogP contribution in [0.4, 0.5) is 5.69 Å². The molecular formula is C22H17ClN6. The summed E-state index contributed by atoms with van der Waals surface area (Å²) in [5, 5.41) is 19.5. The summed E-state index contributed by atoms with van der Waals surface area (Å²) < 4.78 is 1.77. The van der Waals surface area contributed by atoms with Gasteiger partial charge in [-0.05, 0) is 24.3 Å². The van der Waals surface area contributed by atoms with E-state index in [4.69, 9.17) is 16.9 Å². The first-order valence-corrected chi connectivity index (χ1v) is 9.45. The van der Waals surface area contributed by atoms with Crippen molar-refractivity contribution in [2.75, 3.05) is 5.43 Å². The highest BCUT2D eigenvalue weighted by Crippen LogP contribution is 2.25. The number of hydrogen-bond acceptors (Lipinski definition) is 5. The van der Waals surface area contributed by atoms with Crippen LogP contribution in [0, 0.1) is 11.3 Å². The Morgan fingerprint density at radius 3 is 2.86 bits per heavy atom. The Morgan fingerprint density at radius 2 is 2.03 bits per heavy atom. The lowest BCUT2D eigenvalue weighted by Gasteiger charge is -2.05. The van der Waals surface area contributed by atoms with E-state index in [1.54, 1.807) is 17.1 Å². The Labute approximate surface area is 173 Å². The van der Waals surface area contributed by atoms with Crippen LogP contribution in [-0.2, 0) is 6.54 Å². The first kappa shape index (κ1) is 18.7. The van der Waals surface area contributed by atoms with E-state index < -0.39 is 0 Å². The average Bonchev–Trinajstić information content (AvgIpc) is 3.15. The van der Waals surface area contributed by atoms with E-state index in [0.717, 1.165) is 33.4 Å². The van der Waals surface area contributed by atoms with Crippen LogP contribution in [0.3, 0.4) is 0 Å². The molecule has 4 aromatic rings. The van der Waals surface area contributed by atoms with Crippen LogP contribution < -0.4 is 5.43 Å². The highest BCUT2D eigenvalue weighted by atomic mass is 35.5. The van der Waals surface area contributed by atoms with Crippen molar-refractivity contribution >= 4 is 34.4 Å². The molecule has 0 saturated heterocycles. The highest BCUT2D eigenvalue weighted by molar-refractivity contribution is 6.31.